The van der Waals surface area contributed by atoms with Gasteiger partial charge < -0.3 is 21.1 Å². The van der Waals surface area contributed by atoms with E-state index in [1.807, 2.05) is 0 Å². The standard InChI is InChI=1S/C12H17N3O3/c1-3-15(7-11(16)18-2)12(17)9-5-4-8(13)6-10(9)14/h4-6H,3,7,13-14H2,1-2H3. The van der Waals surface area contributed by atoms with E-state index in [1.165, 1.54) is 18.1 Å². The van der Waals surface area contributed by atoms with Gasteiger partial charge in [-0.15, -0.1) is 0 Å². The summed E-state index contributed by atoms with van der Waals surface area (Å²) in [6, 6.07) is 4.65. The highest BCUT2D eigenvalue weighted by atomic mass is 16.5. The van der Waals surface area contributed by atoms with E-state index in [9.17, 15) is 9.59 Å². The van der Waals surface area contributed by atoms with Gasteiger partial charge in [-0.1, -0.05) is 0 Å². The summed E-state index contributed by atoms with van der Waals surface area (Å²) in [4.78, 5) is 24.7. The monoisotopic (exact) mass is 251 g/mol. The van der Waals surface area contributed by atoms with Crippen molar-refractivity contribution in [2.24, 2.45) is 0 Å². The average Bonchev–Trinajstić information content (AvgIpc) is 2.34. The molecule has 0 saturated carbocycles. The quantitative estimate of drug-likeness (QED) is 0.599. The number of esters is 1. The number of nitrogen functional groups attached to an aromatic ring is 2. The van der Waals surface area contributed by atoms with E-state index in [0.29, 0.717) is 23.5 Å². The molecule has 0 saturated heterocycles. The first kappa shape index (κ1) is 13.8. The van der Waals surface area contributed by atoms with Crippen molar-refractivity contribution < 1.29 is 14.3 Å². The van der Waals surface area contributed by atoms with Crippen molar-refractivity contribution in [3.8, 4) is 0 Å². The summed E-state index contributed by atoms with van der Waals surface area (Å²) in [6.45, 7) is 2.06. The van der Waals surface area contributed by atoms with Gasteiger partial charge >= 0.3 is 5.97 Å². The Labute approximate surface area is 105 Å². The lowest BCUT2D eigenvalue weighted by molar-refractivity contribution is -0.141. The van der Waals surface area contributed by atoms with Crippen molar-refractivity contribution in [1.82, 2.24) is 4.90 Å². The predicted molar refractivity (Wildman–Crippen MR) is 68.9 cm³/mol. The van der Waals surface area contributed by atoms with E-state index >= 15 is 0 Å². The zero-order valence-electron chi connectivity index (χ0n) is 10.5. The van der Waals surface area contributed by atoms with E-state index in [2.05, 4.69) is 4.74 Å². The lowest BCUT2D eigenvalue weighted by atomic mass is 10.1. The third-order valence-electron chi connectivity index (χ3n) is 2.52. The van der Waals surface area contributed by atoms with Crippen LogP contribution in [0.3, 0.4) is 0 Å². The van der Waals surface area contributed by atoms with Crippen LogP contribution in [0.2, 0.25) is 0 Å². The largest absolute Gasteiger partial charge is 0.468 e. The zero-order valence-corrected chi connectivity index (χ0v) is 10.5. The Bertz CT molecular complexity index is 460. The maximum absolute atomic E-state index is 12.2. The van der Waals surface area contributed by atoms with Crippen LogP contribution in [0.5, 0.6) is 0 Å². The summed E-state index contributed by atoms with van der Waals surface area (Å²) in [6.07, 6.45) is 0. The molecule has 0 radical (unpaired) electrons. The predicted octanol–water partition coefficient (Wildman–Crippen LogP) is 0.486. The molecule has 18 heavy (non-hydrogen) atoms. The summed E-state index contributed by atoms with van der Waals surface area (Å²) < 4.78 is 4.53. The number of carbonyl (C=O) groups excluding carboxylic acids is 2. The van der Waals surface area contributed by atoms with Crippen LogP contribution >= 0.6 is 0 Å². The number of nitrogens with two attached hydrogens (primary N) is 2. The Morgan fingerprint density at radius 3 is 2.50 bits per heavy atom. The third-order valence-corrected chi connectivity index (χ3v) is 2.52. The molecular formula is C12H17N3O3. The van der Waals surface area contributed by atoms with Crippen LogP contribution in [0.4, 0.5) is 11.4 Å². The molecule has 0 aromatic heterocycles. The summed E-state index contributed by atoms with van der Waals surface area (Å²) in [5.41, 5.74) is 12.4. The fourth-order valence-electron chi connectivity index (χ4n) is 1.49. The Morgan fingerprint density at radius 2 is 2.00 bits per heavy atom. The molecule has 0 fully saturated rings. The molecule has 0 atom stereocenters. The summed E-state index contributed by atoms with van der Waals surface area (Å²) >= 11 is 0. The molecule has 6 heteroatoms. The molecule has 1 amide bonds. The molecule has 1 aromatic rings. The number of ether oxygens (including phenoxy) is 1. The van der Waals surface area contributed by atoms with E-state index in [-0.39, 0.29) is 12.5 Å². The molecule has 98 valence electrons. The van der Waals surface area contributed by atoms with Crippen molar-refractivity contribution in [2.45, 2.75) is 6.92 Å². The molecule has 6 nitrogen and oxygen atoms in total. The van der Waals surface area contributed by atoms with Gasteiger partial charge in [0.2, 0.25) is 0 Å². The molecule has 0 aliphatic rings. The Hall–Kier alpha value is -2.24. The van der Waals surface area contributed by atoms with E-state index in [0.717, 1.165) is 0 Å². The number of rotatable bonds is 4. The van der Waals surface area contributed by atoms with Gasteiger partial charge in [0, 0.05) is 17.9 Å². The minimum atomic E-state index is -0.473. The maximum atomic E-state index is 12.2. The van der Waals surface area contributed by atoms with Crippen molar-refractivity contribution in [2.75, 3.05) is 31.7 Å². The smallest absolute Gasteiger partial charge is 0.325 e. The molecule has 0 bridgehead atoms. The van der Waals surface area contributed by atoms with Gasteiger partial charge in [0.25, 0.3) is 5.91 Å². The highest BCUT2D eigenvalue weighted by molar-refractivity contribution is 6.00. The van der Waals surface area contributed by atoms with Crippen LogP contribution in [-0.2, 0) is 9.53 Å². The van der Waals surface area contributed by atoms with Gasteiger partial charge in [-0.05, 0) is 25.1 Å². The van der Waals surface area contributed by atoms with Crippen LogP contribution < -0.4 is 11.5 Å². The van der Waals surface area contributed by atoms with Crippen LogP contribution in [0.15, 0.2) is 18.2 Å². The van der Waals surface area contributed by atoms with E-state index in [1.54, 1.807) is 19.1 Å². The number of methoxy groups -OCH3 is 1. The Morgan fingerprint density at radius 1 is 1.33 bits per heavy atom. The fraction of sp³-hybridized carbons (Fsp3) is 0.333. The molecule has 4 N–H and O–H groups in total. The summed E-state index contributed by atoms with van der Waals surface area (Å²) in [5.74, 6) is -0.792. The molecule has 0 spiro atoms. The minimum Gasteiger partial charge on any atom is -0.468 e. The van der Waals surface area contributed by atoms with Crippen molar-refractivity contribution in [3.63, 3.8) is 0 Å². The molecule has 1 aromatic carbocycles. The van der Waals surface area contributed by atoms with Crippen LogP contribution in [0.1, 0.15) is 17.3 Å². The normalized spacial score (nSPS) is 9.89. The number of benzene rings is 1. The van der Waals surface area contributed by atoms with Gasteiger partial charge in [0.1, 0.15) is 6.54 Å². The first-order chi connectivity index (χ1) is 8.49. The molecule has 0 aliphatic carbocycles. The first-order valence-electron chi connectivity index (χ1n) is 5.50. The van der Waals surface area contributed by atoms with Gasteiger partial charge in [-0.3, -0.25) is 9.59 Å². The third kappa shape index (κ3) is 3.13. The summed E-state index contributed by atoms with van der Waals surface area (Å²) in [5, 5.41) is 0. The Balaban J connectivity index is 2.93. The number of hydrogen-bond donors (Lipinski definition) is 2. The topological polar surface area (TPSA) is 98.6 Å². The number of carbonyl (C=O) groups is 2. The lowest BCUT2D eigenvalue weighted by Crippen LogP contribution is -2.36. The SMILES string of the molecule is CCN(CC(=O)OC)C(=O)c1ccc(N)cc1N. The number of amides is 1. The fourth-order valence-corrected chi connectivity index (χ4v) is 1.49. The number of hydrogen-bond acceptors (Lipinski definition) is 5. The van der Waals surface area contributed by atoms with Crippen LogP contribution in [0, 0.1) is 0 Å². The second kappa shape index (κ2) is 5.90. The number of anilines is 2. The second-order valence-electron chi connectivity index (χ2n) is 3.74. The maximum Gasteiger partial charge on any atom is 0.325 e. The van der Waals surface area contributed by atoms with Gasteiger partial charge in [-0.25, -0.2) is 0 Å². The van der Waals surface area contributed by atoms with E-state index in [4.69, 9.17) is 11.5 Å². The van der Waals surface area contributed by atoms with Crippen molar-refractivity contribution in [3.05, 3.63) is 23.8 Å². The highest BCUT2D eigenvalue weighted by Gasteiger charge is 2.19. The van der Waals surface area contributed by atoms with Crippen molar-refractivity contribution >= 4 is 23.3 Å². The molecule has 0 unspecified atom stereocenters. The zero-order chi connectivity index (χ0) is 13.7. The van der Waals surface area contributed by atoms with Gasteiger partial charge in [-0.2, -0.15) is 0 Å². The Kier molecular flexibility index (Phi) is 4.53. The van der Waals surface area contributed by atoms with Crippen LogP contribution in [0.25, 0.3) is 0 Å². The molecule has 0 heterocycles. The summed E-state index contributed by atoms with van der Waals surface area (Å²) in [7, 11) is 1.28. The number of nitrogens with zero attached hydrogens (tertiary/aromatic N) is 1. The minimum absolute atomic E-state index is 0.102. The average molecular weight is 251 g/mol. The van der Waals surface area contributed by atoms with E-state index < -0.39 is 5.97 Å². The lowest BCUT2D eigenvalue weighted by Gasteiger charge is -2.20. The second-order valence-corrected chi connectivity index (χ2v) is 3.74. The van der Waals surface area contributed by atoms with Crippen LogP contribution in [-0.4, -0.2) is 37.0 Å². The molecular weight excluding hydrogens is 234 g/mol. The highest BCUT2D eigenvalue weighted by Crippen LogP contribution is 2.17. The molecule has 1 rings (SSSR count). The molecule has 0 aliphatic heterocycles. The first-order valence-corrected chi connectivity index (χ1v) is 5.50. The van der Waals surface area contributed by atoms with Crippen molar-refractivity contribution in [1.29, 1.82) is 0 Å². The van der Waals surface area contributed by atoms with Gasteiger partial charge in [0.15, 0.2) is 0 Å². The number of likely N-dealkylation sites (N-methyl/N-ethyl adjacent to an activating group) is 1. The van der Waals surface area contributed by atoms with Gasteiger partial charge in [0.05, 0.1) is 12.7 Å².